The second-order valence-corrected chi connectivity index (χ2v) is 3.19. The van der Waals surface area contributed by atoms with Gasteiger partial charge in [-0.05, 0) is 31.1 Å². The van der Waals surface area contributed by atoms with Gasteiger partial charge in [0.05, 0.1) is 0 Å². The van der Waals surface area contributed by atoms with Crippen LogP contribution in [0.4, 0.5) is 0 Å². The smallest absolute Gasteiger partial charge is 0.00914 e. The Morgan fingerprint density at radius 3 is 2.00 bits per heavy atom. The Labute approximate surface area is 56.6 Å². The van der Waals surface area contributed by atoms with Gasteiger partial charge in [0.15, 0.2) is 0 Å². The van der Waals surface area contributed by atoms with E-state index >= 15 is 0 Å². The topological polar surface area (TPSA) is 0 Å². The van der Waals surface area contributed by atoms with Gasteiger partial charge in [-0.15, -0.1) is 11.8 Å². The molecular weight excluding hydrogens is 108 g/mol. The van der Waals surface area contributed by atoms with Crippen LogP contribution >= 0.6 is 0 Å². The molecule has 0 N–H and O–H groups in total. The molecule has 0 saturated heterocycles. The van der Waals surface area contributed by atoms with Gasteiger partial charge in [-0.25, -0.2) is 0 Å². The molecule has 0 nitrogen and oxygen atoms in total. The zero-order valence-electron chi connectivity index (χ0n) is 5.69. The molecule has 0 bridgehead atoms. The molecule has 0 aromatic rings. The minimum Gasteiger partial charge on any atom is -0.103 e. The molecule has 0 amide bonds. The van der Waals surface area contributed by atoms with Gasteiger partial charge in [0.2, 0.25) is 0 Å². The Morgan fingerprint density at radius 2 is 1.44 bits per heavy atom. The fourth-order valence-electron chi connectivity index (χ4n) is 1.71. The molecule has 0 heterocycles. The summed E-state index contributed by atoms with van der Waals surface area (Å²) in [6.07, 6.45) is 6.61. The molecule has 0 radical (unpaired) electrons. The monoisotopic (exact) mass is 120 g/mol. The van der Waals surface area contributed by atoms with E-state index in [0.717, 1.165) is 11.8 Å². The third-order valence-corrected chi connectivity index (χ3v) is 2.47. The summed E-state index contributed by atoms with van der Waals surface area (Å²) in [6.45, 7) is 0. The van der Waals surface area contributed by atoms with Crippen molar-refractivity contribution in [3.05, 3.63) is 0 Å². The van der Waals surface area contributed by atoms with Crippen LogP contribution in [0.5, 0.6) is 0 Å². The molecule has 0 heteroatoms. The van der Waals surface area contributed by atoms with Crippen molar-refractivity contribution in [1.82, 2.24) is 0 Å². The van der Waals surface area contributed by atoms with E-state index in [1.54, 1.807) is 0 Å². The largest absolute Gasteiger partial charge is 0.103 e. The van der Waals surface area contributed by atoms with Gasteiger partial charge in [0.25, 0.3) is 0 Å². The molecule has 0 aromatic carbocycles. The van der Waals surface area contributed by atoms with Gasteiger partial charge >= 0.3 is 0 Å². The van der Waals surface area contributed by atoms with Crippen LogP contribution < -0.4 is 0 Å². The van der Waals surface area contributed by atoms with Crippen LogP contribution in [0.3, 0.4) is 0 Å². The minimum atomic E-state index is 1.08. The number of hydrogen-bond donors (Lipinski definition) is 0. The molecule has 2 rings (SSSR count). The molecule has 1 fully saturated rings. The Bertz CT molecular complexity index is 143. The van der Waals surface area contributed by atoms with E-state index in [4.69, 9.17) is 0 Å². The fourth-order valence-corrected chi connectivity index (χ4v) is 1.71. The summed E-state index contributed by atoms with van der Waals surface area (Å²) < 4.78 is 0. The Kier molecular flexibility index (Phi) is 1.23. The first kappa shape index (κ1) is 5.35. The van der Waals surface area contributed by atoms with Crippen molar-refractivity contribution >= 4 is 0 Å². The lowest BCUT2D eigenvalue weighted by Gasteiger charge is -1.96. The van der Waals surface area contributed by atoms with Crippen LogP contribution in [0.25, 0.3) is 0 Å². The number of rotatable bonds is 0. The van der Waals surface area contributed by atoms with E-state index in [2.05, 4.69) is 11.8 Å². The molecule has 1 unspecified atom stereocenters. The highest BCUT2D eigenvalue weighted by molar-refractivity contribution is 5.04. The first-order valence-electron chi connectivity index (χ1n) is 3.92. The van der Waals surface area contributed by atoms with Crippen molar-refractivity contribution in [3.8, 4) is 11.8 Å². The second kappa shape index (κ2) is 2.06. The molecule has 0 aromatic heterocycles. The number of hydrogen-bond acceptors (Lipinski definition) is 0. The van der Waals surface area contributed by atoms with Gasteiger partial charge < -0.3 is 0 Å². The standard InChI is InChI=1S/C9H12/c1-2-4-6-9-7-8(9)5-3-1/h8-9H,3-7H2/t8-,9?/m0/s1. The van der Waals surface area contributed by atoms with Crippen LogP contribution in [0.1, 0.15) is 32.1 Å². The van der Waals surface area contributed by atoms with Crippen molar-refractivity contribution in [1.29, 1.82) is 0 Å². The Balaban J connectivity index is 1.95. The summed E-state index contributed by atoms with van der Waals surface area (Å²) in [5.41, 5.74) is 0. The minimum absolute atomic E-state index is 1.08. The summed E-state index contributed by atoms with van der Waals surface area (Å²) in [6, 6.07) is 0. The van der Waals surface area contributed by atoms with Crippen molar-refractivity contribution in [2.45, 2.75) is 32.1 Å². The van der Waals surface area contributed by atoms with E-state index < -0.39 is 0 Å². The van der Waals surface area contributed by atoms with Crippen molar-refractivity contribution in [3.63, 3.8) is 0 Å². The molecule has 0 spiro atoms. The normalized spacial score (nSPS) is 39.1. The van der Waals surface area contributed by atoms with Gasteiger partial charge in [0, 0.05) is 12.8 Å². The second-order valence-electron chi connectivity index (χ2n) is 3.19. The molecule has 0 aliphatic heterocycles. The molecule has 48 valence electrons. The lowest BCUT2D eigenvalue weighted by atomic mass is 10.1. The number of fused-ring (bicyclic) bond motifs is 1. The summed E-state index contributed by atoms with van der Waals surface area (Å²) in [4.78, 5) is 0. The molecule has 9 heavy (non-hydrogen) atoms. The highest BCUT2D eigenvalue weighted by atomic mass is 14.4. The summed E-state index contributed by atoms with van der Waals surface area (Å²) in [5.74, 6) is 8.55. The van der Waals surface area contributed by atoms with Gasteiger partial charge in [-0.1, -0.05) is 0 Å². The van der Waals surface area contributed by atoms with Crippen molar-refractivity contribution < 1.29 is 0 Å². The third kappa shape index (κ3) is 1.10. The van der Waals surface area contributed by atoms with Crippen molar-refractivity contribution in [2.24, 2.45) is 11.8 Å². The van der Waals surface area contributed by atoms with E-state index in [1.165, 1.54) is 32.1 Å². The van der Waals surface area contributed by atoms with Crippen LogP contribution in [0.15, 0.2) is 0 Å². The predicted molar refractivity (Wildman–Crippen MR) is 37.8 cm³/mol. The maximum absolute atomic E-state index is 3.19. The van der Waals surface area contributed by atoms with Crippen LogP contribution in [-0.4, -0.2) is 0 Å². The molecular formula is C9H12. The summed E-state index contributed by atoms with van der Waals surface area (Å²) >= 11 is 0. The lowest BCUT2D eigenvalue weighted by Crippen LogP contribution is -1.85. The van der Waals surface area contributed by atoms with E-state index in [9.17, 15) is 0 Å². The predicted octanol–water partition coefficient (Wildman–Crippen LogP) is 2.20. The van der Waals surface area contributed by atoms with E-state index in [0.29, 0.717) is 0 Å². The lowest BCUT2D eigenvalue weighted by molar-refractivity contribution is 0.618. The molecule has 2 aliphatic rings. The third-order valence-electron chi connectivity index (χ3n) is 2.47. The average molecular weight is 120 g/mol. The zero-order chi connectivity index (χ0) is 6.10. The fraction of sp³-hybridized carbons (Fsp3) is 0.778. The van der Waals surface area contributed by atoms with Crippen molar-refractivity contribution in [2.75, 3.05) is 0 Å². The highest BCUT2D eigenvalue weighted by Gasteiger charge is 2.35. The maximum Gasteiger partial charge on any atom is 0.00914 e. The highest BCUT2D eigenvalue weighted by Crippen LogP contribution is 2.45. The van der Waals surface area contributed by atoms with Crippen LogP contribution in [0, 0.1) is 23.7 Å². The average Bonchev–Trinajstić information content (AvgIpc) is 2.46. The first-order valence-corrected chi connectivity index (χ1v) is 3.92. The molecule has 1 saturated carbocycles. The first-order chi connectivity index (χ1) is 4.47. The summed E-state index contributed by atoms with van der Waals surface area (Å²) in [7, 11) is 0. The molecule has 2 atom stereocenters. The van der Waals surface area contributed by atoms with Crippen LogP contribution in [-0.2, 0) is 0 Å². The maximum atomic E-state index is 3.19. The van der Waals surface area contributed by atoms with Gasteiger partial charge in [-0.3, -0.25) is 0 Å². The zero-order valence-corrected chi connectivity index (χ0v) is 5.69. The summed E-state index contributed by atoms with van der Waals surface area (Å²) in [5, 5.41) is 0. The Morgan fingerprint density at radius 1 is 0.889 bits per heavy atom. The van der Waals surface area contributed by atoms with Gasteiger partial charge in [-0.2, -0.15) is 0 Å². The molecule has 2 aliphatic carbocycles. The Hall–Kier alpha value is -0.440. The van der Waals surface area contributed by atoms with E-state index in [-0.39, 0.29) is 0 Å². The van der Waals surface area contributed by atoms with Crippen LogP contribution in [0.2, 0.25) is 0 Å². The van der Waals surface area contributed by atoms with Gasteiger partial charge in [0.1, 0.15) is 0 Å². The quantitative estimate of drug-likeness (QED) is 0.430. The van der Waals surface area contributed by atoms with E-state index in [1.807, 2.05) is 0 Å². The SMILES string of the molecule is C1#CCC[C@H]2CC2CC1.